The van der Waals surface area contributed by atoms with Gasteiger partial charge in [-0.1, -0.05) is 27.7 Å². The van der Waals surface area contributed by atoms with Crippen LogP contribution in [0.4, 0.5) is 5.69 Å². The quantitative estimate of drug-likeness (QED) is 0.546. The lowest BCUT2D eigenvalue weighted by Gasteiger charge is -2.30. The van der Waals surface area contributed by atoms with E-state index in [2.05, 4.69) is 19.2 Å². The van der Waals surface area contributed by atoms with Crippen LogP contribution in [0.5, 0.6) is 5.75 Å². The number of amides is 1. The summed E-state index contributed by atoms with van der Waals surface area (Å²) < 4.78 is 16.6. The fourth-order valence-electron chi connectivity index (χ4n) is 2.87. The maximum Gasteiger partial charge on any atom is 0.341 e. The Labute approximate surface area is 168 Å². The molecule has 158 valence electrons. The minimum atomic E-state index is -0.943. The normalized spacial score (nSPS) is 14.3. The number of nitrogens with one attached hydrogen (secondary N) is 1. The molecule has 6 heteroatoms. The third kappa shape index (κ3) is 6.82. The van der Waals surface area contributed by atoms with E-state index in [0.717, 1.165) is 12.8 Å². The van der Waals surface area contributed by atoms with Crippen LogP contribution >= 0.6 is 0 Å². The van der Waals surface area contributed by atoms with Gasteiger partial charge in [0, 0.05) is 12.3 Å². The van der Waals surface area contributed by atoms with Crippen molar-refractivity contribution >= 4 is 17.6 Å². The smallest absolute Gasteiger partial charge is 0.341 e. The Balaban J connectivity index is 3.11. The summed E-state index contributed by atoms with van der Waals surface area (Å²) in [6, 6.07) is 4.98. The van der Waals surface area contributed by atoms with Gasteiger partial charge in [0.05, 0.1) is 13.2 Å². The van der Waals surface area contributed by atoms with Crippen LogP contribution in [0.3, 0.4) is 0 Å². The highest BCUT2D eigenvalue weighted by atomic mass is 16.5. The predicted octanol–water partition coefficient (Wildman–Crippen LogP) is 4.82. The molecule has 0 saturated carbocycles. The molecule has 0 aliphatic heterocycles. The molecule has 2 atom stereocenters. The second kappa shape index (κ2) is 11.1. The average molecular weight is 394 g/mol. The number of carbonyl (C=O) groups excluding carboxylic acids is 2. The largest absolute Gasteiger partial charge is 0.490 e. The van der Waals surface area contributed by atoms with Crippen LogP contribution in [0.15, 0.2) is 18.2 Å². The molecule has 0 saturated heterocycles. The first kappa shape index (κ1) is 24.0. The number of benzene rings is 1. The SMILES string of the molecule is CCCO[C@](C)(CC(C)C)C(=O)Nc1ccc(O[C@@H](C)CC)c(C(=O)OC)c1. The zero-order valence-corrected chi connectivity index (χ0v) is 18.3. The maximum atomic E-state index is 13.0. The molecule has 0 bridgehead atoms. The lowest BCUT2D eigenvalue weighted by atomic mass is 9.93. The van der Waals surface area contributed by atoms with Crippen molar-refractivity contribution in [2.24, 2.45) is 5.92 Å². The average Bonchev–Trinajstić information content (AvgIpc) is 2.66. The molecule has 0 aliphatic carbocycles. The van der Waals surface area contributed by atoms with E-state index >= 15 is 0 Å². The van der Waals surface area contributed by atoms with Crippen molar-refractivity contribution in [3.63, 3.8) is 0 Å². The minimum Gasteiger partial charge on any atom is -0.490 e. The van der Waals surface area contributed by atoms with Crippen molar-refractivity contribution in [3.05, 3.63) is 23.8 Å². The van der Waals surface area contributed by atoms with Crippen LogP contribution in [0, 0.1) is 5.92 Å². The van der Waals surface area contributed by atoms with Crippen molar-refractivity contribution < 1.29 is 23.8 Å². The Morgan fingerprint density at radius 1 is 1.18 bits per heavy atom. The van der Waals surface area contributed by atoms with Crippen LogP contribution in [0.1, 0.15) is 71.2 Å². The van der Waals surface area contributed by atoms with E-state index in [0.29, 0.717) is 30.4 Å². The molecule has 0 aliphatic rings. The summed E-state index contributed by atoms with van der Waals surface area (Å²) in [6.07, 6.45) is 2.19. The second-order valence-corrected chi connectivity index (χ2v) is 7.67. The Bertz CT molecular complexity index is 658. The molecule has 0 heterocycles. The summed E-state index contributed by atoms with van der Waals surface area (Å²) in [7, 11) is 1.32. The van der Waals surface area contributed by atoms with Gasteiger partial charge in [0.25, 0.3) is 5.91 Å². The molecule has 0 radical (unpaired) electrons. The molecular weight excluding hydrogens is 358 g/mol. The van der Waals surface area contributed by atoms with Crippen LogP contribution in [-0.2, 0) is 14.3 Å². The Morgan fingerprint density at radius 2 is 1.86 bits per heavy atom. The van der Waals surface area contributed by atoms with Gasteiger partial charge in [-0.15, -0.1) is 0 Å². The van der Waals surface area contributed by atoms with Crippen molar-refractivity contribution in [3.8, 4) is 5.75 Å². The number of methoxy groups -OCH3 is 1. The molecule has 1 rings (SSSR count). The maximum absolute atomic E-state index is 13.0. The van der Waals surface area contributed by atoms with Crippen LogP contribution in [-0.4, -0.2) is 37.3 Å². The fraction of sp³-hybridized carbons (Fsp3) is 0.636. The Kier molecular flexibility index (Phi) is 9.46. The van der Waals surface area contributed by atoms with Crippen LogP contribution < -0.4 is 10.1 Å². The van der Waals surface area contributed by atoms with Gasteiger partial charge in [0.2, 0.25) is 0 Å². The summed E-state index contributed by atoms with van der Waals surface area (Å²) >= 11 is 0. The number of hydrogen-bond donors (Lipinski definition) is 1. The summed E-state index contributed by atoms with van der Waals surface area (Å²) in [5, 5.41) is 2.88. The highest BCUT2D eigenvalue weighted by Gasteiger charge is 2.35. The van der Waals surface area contributed by atoms with Gasteiger partial charge < -0.3 is 19.5 Å². The van der Waals surface area contributed by atoms with Gasteiger partial charge in [-0.2, -0.15) is 0 Å². The van der Waals surface area contributed by atoms with Gasteiger partial charge >= 0.3 is 5.97 Å². The molecule has 1 N–H and O–H groups in total. The van der Waals surface area contributed by atoms with E-state index in [1.807, 2.05) is 20.8 Å². The lowest BCUT2D eigenvalue weighted by Crippen LogP contribution is -2.44. The number of anilines is 1. The Hall–Kier alpha value is -2.08. The summed E-state index contributed by atoms with van der Waals surface area (Å²) in [4.78, 5) is 25.1. The molecule has 0 fully saturated rings. The zero-order valence-electron chi connectivity index (χ0n) is 18.3. The number of rotatable bonds is 11. The molecule has 0 unspecified atom stereocenters. The van der Waals surface area contributed by atoms with Crippen molar-refractivity contribution in [2.75, 3.05) is 19.0 Å². The minimum absolute atomic E-state index is 0.0411. The van der Waals surface area contributed by atoms with Gasteiger partial charge in [0.1, 0.15) is 16.9 Å². The van der Waals surface area contributed by atoms with Gasteiger partial charge in [-0.25, -0.2) is 4.79 Å². The molecule has 1 amide bonds. The van der Waals surface area contributed by atoms with E-state index in [1.165, 1.54) is 7.11 Å². The molecular formula is C22H35NO5. The first-order valence-electron chi connectivity index (χ1n) is 10.0. The summed E-state index contributed by atoms with van der Waals surface area (Å²) in [5.41, 5.74) is -0.167. The van der Waals surface area contributed by atoms with Gasteiger partial charge in [0.15, 0.2) is 0 Å². The molecule has 1 aromatic carbocycles. The first-order valence-corrected chi connectivity index (χ1v) is 10.0. The Morgan fingerprint density at radius 3 is 2.39 bits per heavy atom. The third-order valence-corrected chi connectivity index (χ3v) is 4.45. The van der Waals surface area contributed by atoms with Crippen molar-refractivity contribution in [2.45, 2.75) is 72.5 Å². The van der Waals surface area contributed by atoms with Gasteiger partial charge in [-0.05, 0) is 57.2 Å². The van der Waals surface area contributed by atoms with Crippen molar-refractivity contribution in [1.82, 2.24) is 0 Å². The molecule has 28 heavy (non-hydrogen) atoms. The van der Waals surface area contributed by atoms with E-state index < -0.39 is 11.6 Å². The molecule has 0 aromatic heterocycles. The second-order valence-electron chi connectivity index (χ2n) is 7.67. The predicted molar refractivity (Wildman–Crippen MR) is 111 cm³/mol. The third-order valence-electron chi connectivity index (χ3n) is 4.45. The number of hydrogen-bond acceptors (Lipinski definition) is 5. The highest BCUT2D eigenvalue weighted by Crippen LogP contribution is 2.28. The molecule has 6 nitrogen and oxygen atoms in total. The lowest BCUT2D eigenvalue weighted by molar-refractivity contribution is -0.141. The monoisotopic (exact) mass is 393 g/mol. The van der Waals surface area contributed by atoms with Gasteiger partial charge in [-0.3, -0.25) is 4.79 Å². The van der Waals surface area contributed by atoms with Crippen molar-refractivity contribution in [1.29, 1.82) is 0 Å². The highest BCUT2D eigenvalue weighted by molar-refractivity contribution is 5.99. The number of esters is 1. The van der Waals surface area contributed by atoms with E-state index in [9.17, 15) is 9.59 Å². The van der Waals surface area contributed by atoms with E-state index in [4.69, 9.17) is 14.2 Å². The van der Waals surface area contributed by atoms with Crippen LogP contribution in [0.25, 0.3) is 0 Å². The van der Waals surface area contributed by atoms with E-state index in [1.54, 1.807) is 25.1 Å². The molecule has 1 aromatic rings. The zero-order chi connectivity index (χ0) is 21.3. The topological polar surface area (TPSA) is 73.9 Å². The first-order chi connectivity index (χ1) is 13.2. The molecule has 0 spiro atoms. The number of ether oxygens (including phenoxy) is 3. The summed E-state index contributed by atoms with van der Waals surface area (Å²) in [6.45, 7) is 12.4. The number of carbonyl (C=O) groups is 2. The fourth-order valence-corrected chi connectivity index (χ4v) is 2.87. The standard InChI is InChI=1S/C22H35NO5/c1-8-12-27-22(6,14-15(3)4)21(25)23-17-10-11-19(28-16(5)9-2)18(13-17)20(24)26-7/h10-11,13,15-16H,8-9,12,14H2,1-7H3,(H,23,25)/t16-,22+/m0/s1. The van der Waals surface area contributed by atoms with Crippen LogP contribution in [0.2, 0.25) is 0 Å². The van der Waals surface area contributed by atoms with E-state index in [-0.39, 0.29) is 17.6 Å². The summed E-state index contributed by atoms with van der Waals surface area (Å²) in [5.74, 6) is -0.0152.